The van der Waals surface area contributed by atoms with E-state index < -0.39 is 72.8 Å². The molecule has 1 heterocycles. The average Bonchev–Trinajstić information content (AvgIpc) is 2.62. The van der Waals surface area contributed by atoms with E-state index in [1.807, 2.05) is 0 Å². The number of halogens is 10. The Balaban J connectivity index is 3.02. The van der Waals surface area contributed by atoms with Crippen LogP contribution in [-0.4, -0.2) is 52.3 Å². The molecule has 3 unspecified atom stereocenters. The first-order valence-electron chi connectivity index (χ1n) is 8.94. The minimum absolute atomic E-state index is 0.0315. The molecule has 0 aromatic rings. The van der Waals surface area contributed by atoms with Crippen LogP contribution in [0.4, 0.5) is 43.9 Å². The summed E-state index contributed by atoms with van der Waals surface area (Å²) in [5, 5.41) is 9.77. The van der Waals surface area contributed by atoms with Crippen LogP contribution in [0.5, 0.6) is 0 Å². The van der Waals surface area contributed by atoms with Crippen LogP contribution < -0.4 is 0 Å². The molecule has 4 nitrogen and oxygen atoms in total. The SMILES string of the molecule is C=CC(=O)OC1(C2CCCCC2)C(F)(F)C(C)(C(F)(F)F)OC(O)(C(F)(F)F)C1(F)F. The van der Waals surface area contributed by atoms with Gasteiger partial charge in [-0.15, -0.1) is 0 Å². The van der Waals surface area contributed by atoms with Gasteiger partial charge in [0.15, 0.2) is 0 Å². The minimum Gasteiger partial charge on any atom is -0.442 e. The molecule has 1 saturated carbocycles. The fraction of sp³-hybridized carbons (Fsp3) is 0.824. The summed E-state index contributed by atoms with van der Waals surface area (Å²) in [7, 11) is 0. The summed E-state index contributed by atoms with van der Waals surface area (Å²) in [6.45, 7) is 2.15. The van der Waals surface area contributed by atoms with Gasteiger partial charge < -0.3 is 14.6 Å². The molecule has 0 radical (unpaired) electrons. The Hall–Kier alpha value is -1.57. The highest BCUT2D eigenvalue weighted by Gasteiger charge is 2.97. The van der Waals surface area contributed by atoms with Gasteiger partial charge in [0.25, 0.3) is 5.60 Å². The summed E-state index contributed by atoms with van der Waals surface area (Å²) in [5.74, 6) is -22.8. The van der Waals surface area contributed by atoms with E-state index in [9.17, 15) is 36.2 Å². The van der Waals surface area contributed by atoms with E-state index in [1.54, 1.807) is 0 Å². The number of esters is 1. The van der Waals surface area contributed by atoms with Crippen molar-refractivity contribution in [1.29, 1.82) is 0 Å². The maximum Gasteiger partial charge on any atom is 0.449 e. The maximum absolute atomic E-state index is 15.5. The topological polar surface area (TPSA) is 55.8 Å². The molecular formula is C17H18F10O4. The van der Waals surface area contributed by atoms with E-state index in [0.29, 0.717) is 0 Å². The molecule has 1 aliphatic carbocycles. The van der Waals surface area contributed by atoms with E-state index in [-0.39, 0.29) is 25.3 Å². The van der Waals surface area contributed by atoms with Crippen LogP contribution in [0.2, 0.25) is 0 Å². The zero-order valence-electron chi connectivity index (χ0n) is 15.8. The molecule has 2 rings (SSSR count). The number of hydrogen-bond donors (Lipinski definition) is 1. The summed E-state index contributed by atoms with van der Waals surface area (Å²) in [4.78, 5) is 11.7. The Morgan fingerprint density at radius 3 is 1.87 bits per heavy atom. The van der Waals surface area contributed by atoms with E-state index in [2.05, 4.69) is 16.1 Å². The van der Waals surface area contributed by atoms with Crippen molar-refractivity contribution in [1.82, 2.24) is 0 Å². The second kappa shape index (κ2) is 7.22. The molecule has 180 valence electrons. The Bertz CT molecular complexity index is 687. The third-order valence-electron chi connectivity index (χ3n) is 5.84. The standard InChI is InChI=1S/C17H18F10O4/c1-3-10(28)30-12(9-7-5-4-6-8-9)13(18,19)11(2,16(22,23)24)31-15(29,14(12,20)21)17(25,26)27/h3,9,29H,1,4-8H2,2H3. The zero-order chi connectivity index (χ0) is 24.3. The second-order valence-corrected chi connectivity index (χ2v) is 7.62. The molecule has 0 aromatic carbocycles. The van der Waals surface area contributed by atoms with Gasteiger partial charge in [-0.3, -0.25) is 0 Å². The van der Waals surface area contributed by atoms with Crippen LogP contribution >= 0.6 is 0 Å². The quantitative estimate of drug-likeness (QED) is 0.358. The van der Waals surface area contributed by atoms with E-state index in [0.717, 1.165) is 0 Å². The van der Waals surface area contributed by atoms with Crippen LogP contribution in [0.1, 0.15) is 39.0 Å². The van der Waals surface area contributed by atoms with Gasteiger partial charge in [-0.2, -0.15) is 43.9 Å². The lowest BCUT2D eigenvalue weighted by atomic mass is 9.62. The molecule has 1 aliphatic heterocycles. The average molecular weight is 476 g/mol. The van der Waals surface area contributed by atoms with Crippen molar-refractivity contribution < 1.29 is 63.3 Å². The Morgan fingerprint density at radius 2 is 1.48 bits per heavy atom. The van der Waals surface area contributed by atoms with E-state index in [4.69, 9.17) is 0 Å². The monoisotopic (exact) mass is 476 g/mol. The summed E-state index contributed by atoms with van der Waals surface area (Å²) < 4.78 is 150. The summed E-state index contributed by atoms with van der Waals surface area (Å²) in [5.41, 5.74) is -10.4. The first-order valence-corrected chi connectivity index (χ1v) is 8.94. The molecule has 3 atom stereocenters. The largest absolute Gasteiger partial charge is 0.449 e. The van der Waals surface area contributed by atoms with Crippen LogP contribution in [0, 0.1) is 5.92 Å². The van der Waals surface area contributed by atoms with Crippen molar-refractivity contribution in [2.24, 2.45) is 5.92 Å². The van der Waals surface area contributed by atoms with Crippen molar-refractivity contribution in [2.75, 3.05) is 0 Å². The zero-order valence-corrected chi connectivity index (χ0v) is 15.8. The molecule has 1 saturated heterocycles. The molecule has 0 bridgehead atoms. The molecule has 31 heavy (non-hydrogen) atoms. The lowest BCUT2D eigenvalue weighted by molar-refractivity contribution is -0.560. The van der Waals surface area contributed by atoms with Crippen molar-refractivity contribution >= 4 is 5.97 Å². The van der Waals surface area contributed by atoms with Crippen LogP contribution in [0.15, 0.2) is 12.7 Å². The van der Waals surface area contributed by atoms with Gasteiger partial charge in [-0.25, -0.2) is 4.79 Å². The van der Waals surface area contributed by atoms with E-state index in [1.165, 1.54) is 0 Å². The Labute approximate surface area is 169 Å². The van der Waals surface area contributed by atoms with Crippen LogP contribution in [0.3, 0.4) is 0 Å². The molecule has 2 fully saturated rings. The fourth-order valence-electron chi connectivity index (χ4n) is 4.13. The van der Waals surface area contributed by atoms with Gasteiger partial charge in [-0.1, -0.05) is 25.8 Å². The van der Waals surface area contributed by atoms with Crippen LogP contribution in [0.25, 0.3) is 0 Å². The molecule has 0 spiro atoms. The van der Waals surface area contributed by atoms with Gasteiger partial charge in [0.1, 0.15) is 0 Å². The summed E-state index contributed by atoms with van der Waals surface area (Å²) in [6, 6.07) is 0. The first-order chi connectivity index (χ1) is 13.8. The third kappa shape index (κ3) is 3.15. The van der Waals surface area contributed by atoms with Crippen molar-refractivity contribution in [3.63, 3.8) is 0 Å². The first kappa shape index (κ1) is 25.7. The highest BCUT2D eigenvalue weighted by Crippen LogP contribution is 2.69. The van der Waals surface area contributed by atoms with Gasteiger partial charge in [0.05, 0.1) is 0 Å². The highest BCUT2D eigenvalue weighted by atomic mass is 19.4. The number of alkyl halides is 10. The number of carbonyl (C=O) groups is 1. The predicted molar refractivity (Wildman–Crippen MR) is 82.0 cm³/mol. The number of rotatable bonds is 3. The van der Waals surface area contributed by atoms with Gasteiger partial charge >= 0.3 is 36.0 Å². The molecule has 1 N–H and O–H groups in total. The number of carbonyl (C=O) groups excluding carboxylic acids is 1. The van der Waals surface area contributed by atoms with Gasteiger partial charge in [0.2, 0.25) is 5.60 Å². The van der Waals surface area contributed by atoms with Crippen molar-refractivity contribution in [2.45, 2.75) is 80.2 Å². The molecule has 0 amide bonds. The van der Waals surface area contributed by atoms with Crippen molar-refractivity contribution in [3.8, 4) is 0 Å². The second-order valence-electron chi connectivity index (χ2n) is 7.62. The molecule has 0 aromatic heterocycles. The number of hydrogen-bond acceptors (Lipinski definition) is 4. The van der Waals surface area contributed by atoms with Crippen molar-refractivity contribution in [3.05, 3.63) is 12.7 Å². The lowest BCUT2D eigenvalue weighted by Gasteiger charge is -2.61. The van der Waals surface area contributed by atoms with E-state index >= 15 is 17.6 Å². The highest BCUT2D eigenvalue weighted by molar-refractivity contribution is 5.82. The van der Waals surface area contributed by atoms with Gasteiger partial charge in [-0.05, 0) is 19.8 Å². The predicted octanol–water partition coefficient (Wildman–Crippen LogP) is 4.91. The maximum atomic E-state index is 15.5. The molecule has 2 aliphatic rings. The smallest absolute Gasteiger partial charge is 0.442 e. The number of aliphatic hydroxyl groups is 1. The number of ether oxygens (including phenoxy) is 2. The summed E-state index contributed by atoms with van der Waals surface area (Å²) >= 11 is 0. The lowest BCUT2D eigenvalue weighted by Crippen LogP contribution is -2.88. The van der Waals surface area contributed by atoms with Gasteiger partial charge in [0, 0.05) is 12.0 Å². The fourth-order valence-corrected chi connectivity index (χ4v) is 4.13. The Morgan fingerprint density at radius 1 is 1.00 bits per heavy atom. The third-order valence-corrected chi connectivity index (χ3v) is 5.84. The summed E-state index contributed by atoms with van der Waals surface area (Å²) in [6.07, 6.45) is -14.5. The minimum atomic E-state index is -6.69. The molecule has 14 heteroatoms. The Kier molecular flexibility index (Phi) is 5.98. The van der Waals surface area contributed by atoms with Crippen LogP contribution in [-0.2, 0) is 14.3 Å². The normalized spacial score (nSPS) is 36.6. The molecular weight excluding hydrogens is 458 g/mol.